The molecule has 0 aromatic carbocycles. The Labute approximate surface area is 67.8 Å². The van der Waals surface area contributed by atoms with Gasteiger partial charge in [-0.15, -0.1) is 0 Å². The SMILES string of the molecule is C=C1CC=C(CC)C(=O)C1C. The minimum atomic E-state index is 0.0509. The number of rotatable bonds is 1. The Kier molecular flexibility index (Phi) is 2.28. The van der Waals surface area contributed by atoms with E-state index in [1.807, 2.05) is 19.9 Å². The van der Waals surface area contributed by atoms with Crippen LogP contribution in [0.3, 0.4) is 0 Å². The van der Waals surface area contributed by atoms with E-state index in [-0.39, 0.29) is 11.7 Å². The molecule has 1 heteroatoms. The van der Waals surface area contributed by atoms with Crippen molar-refractivity contribution < 1.29 is 4.79 Å². The summed E-state index contributed by atoms with van der Waals surface area (Å²) in [4.78, 5) is 11.4. The largest absolute Gasteiger partial charge is 0.294 e. The van der Waals surface area contributed by atoms with Crippen LogP contribution in [-0.4, -0.2) is 5.78 Å². The summed E-state index contributed by atoms with van der Waals surface area (Å²) >= 11 is 0. The molecule has 11 heavy (non-hydrogen) atoms. The van der Waals surface area contributed by atoms with Gasteiger partial charge in [-0.3, -0.25) is 4.79 Å². The summed E-state index contributed by atoms with van der Waals surface area (Å²) in [6.45, 7) is 7.81. The van der Waals surface area contributed by atoms with E-state index in [0.717, 1.165) is 24.0 Å². The van der Waals surface area contributed by atoms with Crippen molar-refractivity contribution in [3.63, 3.8) is 0 Å². The molecule has 60 valence electrons. The number of carbonyl (C=O) groups is 1. The molecule has 0 aliphatic heterocycles. The maximum absolute atomic E-state index is 11.4. The van der Waals surface area contributed by atoms with Crippen molar-refractivity contribution in [2.45, 2.75) is 26.7 Å². The van der Waals surface area contributed by atoms with E-state index >= 15 is 0 Å². The van der Waals surface area contributed by atoms with Crippen LogP contribution < -0.4 is 0 Å². The van der Waals surface area contributed by atoms with Crippen LogP contribution in [0.25, 0.3) is 0 Å². The van der Waals surface area contributed by atoms with E-state index in [0.29, 0.717) is 0 Å². The molecule has 0 spiro atoms. The van der Waals surface area contributed by atoms with Crippen LogP contribution in [0.2, 0.25) is 0 Å². The Morgan fingerprint density at radius 1 is 1.73 bits per heavy atom. The molecule has 1 rings (SSSR count). The summed E-state index contributed by atoms with van der Waals surface area (Å²) in [6, 6.07) is 0. The van der Waals surface area contributed by atoms with Gasteiger partial charge in [0.2, 0.25) is 0 Å². The first-order valence-corrected chi connectivity index (χ1v) is 4.07. The van der Waals surface area contributed by atoms with Gasteiger partial charge in [-0.05, 0) is 18.4 Å². The molecule has 0 amide bonds. The fourth-order valence-electron chi connectivity index (χ4n) is 1.31. The van der Waals surface area contributed by atoms with Crippen LogP contribution in [0.15, 0.2) is 23.8 Å². The van der Waals surface area contributed by atoms with Crippen molar-refractivity contribution in [2.24, 2.45) is 5.92 Å². The number of hydrogen-bond acceptors (Lipinski definition) is 1. The molecule has 1 unspecified atom stereocenters. The Morgan fingerprint density at radius 3 is 2.91 bits per heavy atom. The molecule has 0 aromatic rings. The van der Waals surface area contributed by atoms with Crippen molar-refractivity contribution in [3.05, 3.63) is 23.8 Å². The Morgan fingerprint density at radius 2 is 2.36 bits per heavy atom. The molecule has 0 fully saturated rings. The minimum Gasteiger partial charge on any atom is -0.294 e. The molecule has 1 nitrogen and oxygen atoms in total. The normalized spacial score (nSPS) is 25.3. The van der Waals surface area contributed by atoms with Crippen LogP contribution in [-0.2, 0) is 4.79 Å². The molecule has 1 aliphatic rings. The fourth-order valence-corrected chi connectivity index (χ4v) is 1.31. The summed E-state index contributed by atoms with van der Waals surface area (Å²) in [5.41, 5.74) is 2.03. The highest BCUT2D eigenvalue weighted by molar-refractivity contribution is 5.99. The summed E-state index contributed by atoms with van der Waals surface area (Å²) < 4.78 is 0. The molecule has 1 atom stereocenters. The van der Waals surface area contributed by atoms with E-state index in [1.54, 1.807) is 0 Å². The smallest absolute Gasteiger partial charge is 0.165 e. The molecular formula is C10H14O. The lowest BCUT2D eigenvalue weighted by Gasteiger charge is -2.19. The van der Waals surface area contributed by atoms with Gasteiger partial charge in [-0.1, -0.05) is 32.1 Å². The van der Waals surface area contributed by atoms with Crippen LogP contribution in [0.5, 0.6) is 0 Å². The average molecular weight is 150 g/mol. The third-order valence-electron chi connectivity index (χ3n) is 2.31. The van der Waals surface area contributed by atoms with Crippen molar-refractivity contribution in [2.75, 3.05) is 0 Å². The number of Topliss-reactive ketones (excluding diaryl/α,β-unsaturated/α-hetero) is 1. The summed E-state index contributed by atoms with van der Waals surface area (Å²) in [5, 5.41) is 0. The van der Waals surface area contributed by atoms with Gasteiger partial charge in [0.1, 0.15) is 0 Å². The summed E-state index contributed by atoms with van der Waals surface area (Å²) in [6.07, 6.45) is 3.75. The number of ketones is 1. The molecular weight excluding hydrogens is 136 g/mol. The van der Waals surface area contributed by atoms with E-state index in [2.05, 4.69) is 6.58 Å². The second kappa shape index (κ2) is 3.04. The first-order chi connectivity index (χ1) is 5.16. The predicted octanol–water partition coefficient (Wildman–Crippen LogP) is 2.49. The highest BCUT2D eigenvalue weighted by atomic mass is 16.1. The highest BCUT2D eigenvalue weighted by Crippen LogP contribution is 2.25. The molecule has 0 radical (unpaired) electrons. The molecule has 0 saturated heterocycles. The molecule has 0 saturated carbocycles. The first-order valence-electron chi connectivity index (χ1n) is 4.07. The fraction of sp³-hybridized carbons (Fsp3) is 0.500. The Hall–Kier alpha value is -0.850. The van der Waals surface area contributed by atoms with Crippen LogP contribution in [0.1, 0.15) is 26.7 Å². The van der Waals surface area contributed by atoms with Gasteiger partial charge in [0.05, 0.1) is 0 Å². The first kappa shape index (κ1) is 8.25. The summed E-state index contributed by atoms with van der Waals surface area (Å²) in [5.74, 6) is 0.318. The number of allylic oxidation sites excluding steroid dienone is 3. The zero-order valence-corrected chi connectivity index (χ0v) is 7.18. The lowest BCUT2D eigenvalue weighted by molar-refractivity contribution is -0.118. The topological polar surface area (TPSA) is 17.1 Å². The van der Waals surface area contributed by atoms with E-state index in [9.17, 15) is 4.79 Å². The molecule has 0 aromatic heterocycles. The lowest BCUT2D eigenvalue weighted by Crippen LogP contribution is -2.18. The predicted molar refractivity (Wildman–Crippen MR) is 46.3 cm³/mol. The van der Waals surface area contributed by atoms with Gasteiger partial charge >= 0.3 is 0 Å². The van der Waals surface area contributed by atoms with Crippen LogP contribution in [0.4, 0.5) is 0 Å². The third kappa shape index (κ3) is 1.42. The van der Waals surface area contributed by atoms with Gasteiger partial charge in [-0.25, -0.2) is 0 Å². The zero-order valence-electron chi connectivity index (χ0n) is 7.18. The van der Waals surface area contributed by atoms with Crippen LogP contribution in [0, 0.1) is 5.92 Å². The van der Waals surface area contributed by atoms with Crippen molar-refractivity contribution >= 4 is 5.78 Å². The second-order valence-corrected chi connectivity index (χ2v) is 3.03. The van der Waals surface area contributed by atoms with E-state index in [4.69, 9.17) is 0 Å². The Bertz CT molecular complexity index is 223. The standard InChI is InChI=1S/C10H14O/c1-4-9-6-5-7(2)8(3)10(9)11/h6,8H,2,4-5H2,1,3H3. The molecule has 1 aliphatic carbocycles. The second-order valence-electron chi connectivity index (χ2n) is 3.03. The number of hydrogen-bond donors (Lipinski definition) is 0. The summed E-state index contributed by atoms with van der Waals surface area (Å²) in [7, 11) is 0. The van der Waals surface area contributed by atoms with Crippen molar-refractivity contribution in [1.82, 2.24) is 0 Å². The van der Waals surface area contributed by atoms with Gasteiger partial charge < -0.3 is 0 Å². The van der Waals surface area contributed by atoms with E-state index < -0.39 is 0 Å². The Balaban J connectivity index is 2.87. The average Bonchev–Trinajstić information content (AvgIpc) is 2.01. The maximum atomic E-state index is 11.4. The van der Waals surface area contributed by atoms with Gasteiger partial charge in [0.15, 0.2) is 5.78 Å². The third-order valence-corrected chi connectivity index (χ3v) is 2.31. The van der Waals surface area contributed by atoms with Crippen LogP contribution >= 0.6 is 0 Å². The molecule has 0 N–H and O–H groups in total. The van der Waals surface area contributed by atoms with Gasteiger partial charge in [-0.2, -0.15) is 0 Å². The van der Waals surface area contributed by atoms with Gasteiger partial charge in [0.25, 0.3) is 0 Å². The quantitative estimate of drug-likeness (QED) is 0.525. The highest BCUT2D eigenvalue weighted by Gasteiger charge is 2.22. The minimum absolute atomic E-state index is 0.0509. The van der Waals surface area contributed by atoms with E-state index in [1.165, 1.54) is 0 Å². The van der Waals surface area contributed by atoms with Gasteiger partial charge in [0, 0.05) is 5.92 Å². The van der Waals surface area contributed by atoms with Crippen molar-refractivity contribution in [3.8, 4) is 0 Å². The van der Waals surface area contributed by atoms with Crippen molar-refractivity contribution in [1.29, 1.82) is 0 Å². The maximum Gasteiger partial charge on any atom is 0.165 e. The number of carbonyl (C=O) groups excluding carboxylic acids is 1. The molecule has 0 heterocycles. The molecule has 0 bridgehead atoms. The zero-order chi connectivity index (χ0) is 8.43. The monoisotopic (exact) mass is 150 g/mol. The lowest BCUT2D eigenvalue weighted by atomic mass is 9.84.